The minimum absolute atomic E-state index is 0. The van der Waals surface area contributed by atoms with Crippen molar-refractivity contribution in [3.63, 3.8) is 0 Å². The summed E-state index contributed by atoms with van der Waals surface area (Å²) in [4.78, 5) is 42.6. The predicted molar refractivity (Wildman–Crippen MR) is 337 cm³/mol. The number of anilines is 1. The highest BCUT2D eigenvalue weighted by molar-refractivity contribution is 5.93. The number of hydrogen-bond donors (Lipinski definition) is 4. The van der Waals surface area contributed by atoms with Crippen LogP contribution in [0.1, 0.15) is 85.9 Å². The van der Waals surface area contributed by atoms with Crippen LogP contribution in [0.5, 0.6) is 0 Å². The van der Waals surface area contributed by atoms with E-state index in [1.165, 1.54) is 12.0 Å². The minimum Gasteiger partial charge on any atom is -0.383 e. The van der Waals surface area contributed by atoms with E-state index < -0.39 is 11.1 Å². The number of carbonyl (C=O) groups is 2. The molecule has 3 atom stereocenters. The number of benzene rings is 3. The zero-order valence-electron chi connectivity index (χ0n) is 43.1. The monoisotopic (exact) mass is 1050 g/mol. The average molecular weight is 1050 g/mol. The van der Waals surface area contributed by atoms with E-state index in [0.29, 0.717) is 43.7 Å². The molecule has 1 aliphatic heterocycles. The van der Waals surface area contributed by atoms with Crippen LogP contribution in [0.3, 0.4) is 0 Å². The first kappa shape index (κ1) is 60.5. The van der Waals surface area contributed by atoms with E-state index >= 15 is 0 Å². The molecule has 0 aliphatic carbocycles. The number of carbonyl (C=O) groups excluding carboxylic acids is 2. The molecule has 0 radical (unpaired) electrons. The third kappa shape index (κ3) is 25.6. The van der Waals surface area contributed by atoms with Gasteiger partial charge in [0.1, 0.15) is 5.82 Å². The number of piperidine rings is 1. The van der Waals surface area contributed by atoms with Gasteiger partial charge in [-0.25, -0.2) is 4.98 Å². The standard InChI is InChI=1S/C33H38N4O2.C32H6.H3N5O2.15H2/c1-22-7-5-8-23(2)37(22)21-32(39)36-30(20-26-11-6-10-25-9-3-4-12-28(25)26)31(38)16-14-24-13-15-29-27(19-24)17-18-35-33(29)34;1-3-5-7-9-11-13-15-17-19-21-23-25-27-29-31-32-30-28-26-24-22-20-18-16-14-12-10-8-6-4-2;1-2-3-4-5(6)7;;;;;;;;;;;;;;;/h3-4,6,9-13,15,17-19,22-23,30H,5,7-8,14,16,20-21H2,1-2H3,(H2,34,35)(H,36,39);1-2H3;(H2,1,3)(H,2,4);15*1H/t22?,23?,30-;;;;;;;;;;;;;;;;;/m0................./s1. The number of fused-ring (bicyclic) bond motifs is 2. The minimum atomic E-state index is -0.879. The van der Waals surface area contributed by atoms with Gasteiger partial charge in [-0.15, -0.1) is 0 Å². The second-order valence-corrected chi connectivity index (χ2v) is 15.6. The SMILES string of the molecule is CC#CC#CC#CC#CC#CC#CC#CC#CC#CC#CC#CC#CC#CC#CC#CC.CC1CCCC(C)N1CC(=O)N[C@@H](Cc1cccc2ccccc12)C(=O)CCc1ccc2c(N)nccc2c1.NN=NN[N+](=O)[O-].[HH].[HH].[HH].[HH].[HH].[HH].[HH].[HH].[HH].[HH].[HH].[HH].[HH].[HH].[HH]. The number of likely N-dealkylation sites (tertiary alicyclic amines) is 1. The number of nitro groups is 1. The Kier molecular flexibility index (Phi) is 29.4. The van der Waals surface area contributed by atoms with Crippen LogP contribution >= 0.6 is 0 Å². The molecule has 13 nitrogen and oxygen atoms in total. The molecule has 78 heavy (non-hydrogen) atoms. The zero-order chi connectivity index (χ0) is 56.3. The molecule has 1 saturated heterocycles. The molecule has 5 rings (SSSR count). The summed E-state index contributed by atoms with van der Waals surface area (Å²) in [5, 5.41) is 20.8. The fraction of sp³-hybridized carbons (Fsp3) is 0.215. The van der Waals surface area contributed by atoms with Gasteiger partial charge < -0.3 is 21.2 Å². The van der Waals surface area contributed by atoms with Crippen molar-refractivity contribution in [2.24, 2.45) is 16.3 Å². The van der Waals surface area contributed by atoms with Crippen molar-refractivity contribution in [3.05, 3.63) is 94.2 Å². The third-order valence-corrected chi connectivity index (χ3v) is 10.4. The molecule has 1 amide bonds. The Hall–Kier alpha value is -11.8. The summed E-state index contributed by atoms with van der Waals surface area (Å²) in [6.45, 7) is 8.09. The lowest BCUT2D eigenvalue weighted by Gasteiger charge is -2.38. The van der Waals surface area contributed by atoms with Crippen LogP contribution in [0.25, 0.3) is 21.5 Å². The molecule has 13 heteroatoms. The molecule has 0 spiro atoms. The van der Waals surface area contributed by atoms with Crippen molar-refractivity contribution in [3.8, 4) is 178 Å². The largest absolute Gasteiger partial charge is 0.383 e. The van der Waals surface area contributed by atoms with Crippen LogP contribution in [0.2, 0.25) is 0 Å². The van der Waals surface area contributed by atoms with Gasteiger partial charge in [-0.05, 0) is 175 Å². The molecule has 2 unspecified atom stereocenters. The van der Waals surface area contributed by atoms with Gasteiger partial charge in [0.25, 0.3) is 0 Å². The zero-order valence-corrected chi connectivity index (χ0v) is 43.1. The molecule has 1 fully saturated rings. The van der Waals surface area contributed by atoms with Gasteiger partial charge in [0.2, 0.25) is 5.91 Å². The molecular weight excluding hydrogens is 971 g/mol. The Labute approximate surface area is 479 Å². The van der Waals surface area contributed by atoms with E-state index in [-0.39, 0.29) is 33.1 Å². The van der Waals surface area contributed by atoms with Crippen LogP contribution < -0.4 is 22.4 Å². The van der Waals surface area contributed by atoms with Crippen molar-refractivity contribution in [1.82, 2.24) is 20.7 Å². The quantitative estimate of drug-likeness (QED) is 0.0373. The number of amides is 1. The van der Waals surface area contributed by atoms with Crippen molar-refractivity contribution in [2.75, 3.05) is 12.3 Å². The number of pyridine rings is 1. The number of hydrogen-bond acceptors (Lipinski definition) is 9. The van der Waals surface area contributed by atoms with E-state index in [1.807, 2.05) is 36.4 Å². The van der Waals surface area contributed by atoms with Crippen LogP contribution in [0, 0.1) is 188 Å². The Morgan fingerprint density at radius 2 is 1.15 bits per heavy atom. The number of nitrogens with zero attached hydrogens (tertiary/aromatic N) is 5. The number of hydrazine groups is 1. The lowest BCUT2D eigenvalue weighted by atomic mass is 9.94. The van der Waals surface area contributed by atoms with Crippen molar-refractivity contribution >= 4 is 39.1 Å². The maximum absolute atomic E-state index is 13.7. The molecule has 0 bridgehead atoms. The normalized spacial score (nSPS) is 11.8. The first-order valence-electron chi connectivity index (χ1n) is 23.6. The molecule has 6 N–H and O–H groups in total. The maximum atomic E-state index is 13.7. The highest BCUT2D eigenvalue weighted by atomic mass is 16.7. The number of ketones is 1. The fourth-order valence-electron chi connectivity index (χ4n) is 6.98. The molecule has 4 aromatic rings. The van der Waals surface area contributed by atoms with Gasteiger partial charge in [-0.3, -0.25) is 20.3 Å². The average Bonchev–Trinajstić information content (AvgIpc) is 0.892. The highest BCUT2D eigenvalue weighted by Crippen LogP contribution is 2.24. The number of nitrogens with one attached hydrogen (secondary N) is 2. The highest BCUT2D eigenvalue weighted by Gasteiger charge is 2.28. The molecule has 0 saturated carbocycles. The number of nitrogen functional groups attached to an aromatic ring is 1. The molecule has 1 aliphatic rings. The Balaban J connectivity index is -0.0000000999. The smallest absolute Gasteiger partial charge is 0.234 e. The van der Waals surface area contributed by atoms with E-state index in [1.54, 1.807) is 20.0 Å². The summed E-state index contributed by atoms with van der Waals surface area (Å²) in [6, 6.07) is 22.5. The van der Waals surface area contributed by atoms with E-state index in [4.69, 9.17) is 5.73 Å². The van der Waals surface area contributed by atoms with E-state index in [0.717, 1.165) is 45.5 Å². The lowest BCUT2D eigenvalue weighted by Crippen LogP contribution is -2.51. The van der Waals surface area contributed by atoms with Gasteiger partial charge in [0.05, 0.1) is 22.8 Å². The van der Waals surface area contributed by atoms with E-state index in [2.05, 4.69) is 253 Å². The van der Waals surface area contributed by atoms with Crippen LogP contribution in [0.15, 0.2) is 83.4 Å². The number of aromatic nitrogens is 1. The summed E-state index contributed by atoms with van der Waals surface area (Å²) in [7, 11) is 0. The number of aryl methyl sites for hydroxylation is 1. The first-order chi connectivity index (χ1) is 38.1. The maximum Gasteiger partial charge on any atom is 0.234 e. The van der Waals surface area contributed by atoms with Gasteiger partial charge in [-0.1, -0.05) is 78.9 Å². The van der Waals surface area contributed by atoms with Crippen molar-refractivity contribution in [1.29, 1.82) is 0 Å². The summed E-state index contributed by atoms with van der Waals surface area (Å²) in [6.07, 6.45) is 6.51. The molecule has 1 aromatic heterocycles. The van der Waals surface area contributed by atoms with E-state index in [9.17, 15) is 19.7 Å². The fourth-order valence-corrected chi connectivity index (χ4v) is 6.98. The van der Waals surface area contributed by atoms with Crippen LogP contribution in [-0.2, 0) is 22.4 Å². The second-order valence-electron chi connectivity index (χ2n) is 15.6. The second kappa shape index (κ2) is 37.9. The lowest BCUT2D eigenvalue weighted by molar-refractivity contribution is -0.546. The number of nitrogens with two attached hydrogens (primary N) is 2. The van der Waals surface area contributed by atoms with Crippen molar-refractivity contribution < 1.29 is 36.0 Å². The summed E-state index contributed by atoms with van der Waals surface area (Å²) in [5.74, 6) is 80.5. The number of rotatable bonds is 11. The van der Waals surface area contributed by atoms with Gasteiger partial charge in [0, 0.05) is 134 Å². The van der Waals surface area contributed by atoms with Gasteiger partial charge in [-0.2, -0.15) is 0 Å². The summed E-state index contributed by atoms with van der Waals surface area (Å²) < 4.78 is 0. The Bertz CT molecular complexity index is 3830. The topological polar surface area (TPSA) is 194 Å². The van der Waals surface area contributed by atoms with Crippen molar-refractivity contribution in [2.45, 2.75) is 84.3 Å². The summed E-state index contributed by atoms with van der Waals surface area (Å²) in [5.41, 5.74) is 9.49. The Morgan fingerprint density at radius 1 is 0.679 bits per heavy atom. The molecule has 406 valence electrons. The van der Waals surface area contributed by atoms with Gasteiger partial charge in [0.15, 0.2) is 11.0 Å². The number of Topliss-reactive ketones (excluding diaryl/α,β-unsaturated/α-hetero) is 1. The van der Waals surface area contributed by atoms with Gasteiger partial charge >= 0.3 is 0 Å². The molecule has 2 heterocycles. The summed E-state index contributed by atoms with van der Waals surface area (Å²) >= 11 is 0. The molecular formula is C65H77N9O4. The molecule has 3 aromatic carbocycles. The Morgan fingerprint density at radius 3 is 1.62 bits per heavy atom. The van der Waals surface area contributed by atoms with Crippen LogP contribution in [0.4, 0.5) is 5.82 Å². The first-order valence-corrected chi connectivity index (χ1v) is 23.6. The third-order valence-electron chi connectivity index (χ3n) is 10.4. The predicted octanol–water partition coefficient (Wildman–Crippen LogP) is 9.24. The van der Waals surface area contributed by atoms with Crippen LogP contribution in [-0.4, -0.2) is 51.3 Å².